The van der Waals surface area contributed by atoms with Gasteiger partial charge in [0.25, 0.3) is 0 Å². The third-order valence-corrected chi connectivity index (χ3v) is 10.4. The number of rotatable bonds is 0. The summed E-state index contributed by atoms with van der Waals surface area (Å²) in [5.74, 6) is 0. The number of nitrogens with zero attached hydrogens (tertiary/aromatic N) is 6. The molecule has 0 saturated carbocycles. The molecule has 176 valence electrons. The van der Waals surface area contributed by atoms with Gasteiger partial charge in [0.15, 0.2) is 0 Å². The predicted molar refractivity (Wildman–Crippen MR) is 135 cm³/mol. The van der Waals surface area contributed by atoms with Crippen LogP contribution in [-0.4, -0.2) is 0 Å². The molecule has 3 aliphatic carbocycles. The molecule has 0 atom stereocenters. The molecule has 0 heterocycles. The van der Waals surface area contributed by atoms with Gasteiger partial charge in [0, 0.05) is 21.7 Å². The molecule has 0 bridgehead atoms. The van der Waals surface area contributed by atoms with E-state index in [9.17, 15) is 31.6 Å². The third kappa shape index (κ3) is 1.94. The van der Waals surface area contributed by atoms with E-state index in [1.54, 1.807) is 36.4 Å². The summed E-state index contributed by atoms with van der Waals surface area (Å²) in [4.78, 5) is 0. The molecule has 0 spiro atoms. The molecule has 3 aliphatic rings. The van der Waals surface area contributed by atoms with Crippen LogP contribution in [0.1, 0.15) is 94.5 Å². The fraction of sp³-hybridized carbons (Fsp3) is 0.250. The van der Waals surface area contributed by atoms with Crippen LogP contribution >= 0.6 is 0 Å². The van der Waals surface area contributed by atoms with Gasteiger partial charge in [-0.15, -0.1) is 0 Å². The van der Waals surface area contributed by atoms with Crippen molar-refractivity contribution in [1.82, 2.24) is 0 Å². The Morgan fingerprint density at radius 2 is 0.526 bits per heavy atom. The van der Waals surface area contributed by atoms with E-state index in [4.69, 9.17) is 0 Å². The predicted octanol–water partition coefficient (Wildman–Crippen LogP) is 5.18. The summed E-state index contributed by atoms with van der Waals surface area (Å²) in [6.45, 7) is 8.53. The van der Waals surface area contributed by atoms with Crippen LogP contribution in [0.15, 0.2) is 36.4 Å². The van der Waals surface area contributed by atoms with Gasteiger partial charge >= 0.3 is 0 Å². The number of benzene rings is 3. The molecule has 0 N–H and O–H groups in total. The maximum Gasteiger partial charge on any atom is 0.101 e. The van der Waals surface area contributed by atoms with E-state index in [1.807, 2.05) is 0 Å². The van der Waals surface area contributed by atoms with Gasteiger partial charge in [0.1, 0.15) is 36.4 Å². The Balaban J connectivity index is 1.92. The van der Waals surface area contributed by atoms with E-state index in [0.717, 1.165) is 33.4 Å². The molecule has 3 aromatic carbocycles. The van der Waals surface area contributed by atoms with Gasteiger partial charge in [0.05, 0.1) is 33.4 Å². The van der Waals surface area contributed by atoms with E-state index >= 15 is 0 Å². The normalized spacial score (nSPS) is 28.3. The largest absolute Gasteiger partial charge is 0.192 e. The SMILES string of the molecule is CC12c3cc(C#N)c(C#N)cc3C3(C)c4cc(C#N)c(C#N)cc4C(C)(c4cc(C#N)c(C#N)cc41)C23C. The second kappa shape index (κ2) is 6.67. The molecule has 6 heteroatoms. The Kier molecular flexibility index (Phi) is 4.04. The van der Waals surface area contributed by atoms with E-state index in [0.29, 0.717) is 0 Å². The molecule has 38 heavy (non-hydrogen) atoms. The number of hydrogen-bond acceptors (Lipinski definition) is 6. The van der Waals surface area contributed by atoms with Crippen molar-refractivity contribution >= 4 is 0 Å². The highest BCUT2D eigenvalue weighted by molar-refractivity contribution is 5.80. The number of nitriles is 6. The topological polar surface area (TPSA) is 143 Å². The minimum Gasteiger partial charge on any atom is -0.192 e. The van der Waals surface area contributed by atoms with Gasteiger partial charge in [-0.05, 0) is 69.8 Å². The molecule has 0 amide bonds. The second-order valence-corrected chi connectivity index (χ2v) is 11.0. The first-order chi connectivity index (χ1) is 18.1. The van der Waals surface area contributed by atoms with Crippen LogP contribution in [0.25, 0.3) is 0 Å². The van der Waals surface area contributed by atoms with E-state index < -0.39 is 21.7 Å². The molecule has 0 fully saturated rings. The molecular weight excluding hydrogens is 468 g/mol. The Morgan fingerprint density at radius 1 is 0.368 bits per heavy atom. The van der Waals surface area contributed by atoms with Crippen LogP contribution in [0.5, 0.6) is 0 Å². The highest BCUT2D eigenvalue weighted by atomic mass is 14.8. The van der Waals surface area contributed by atoms with Crippen molar-refractivity contribution in [3.8, 4) is 36.4 Å². The quantitative estimate of drug-likeness (QED) is 0.428. The molecule has 0 unspecified atom stereocenters. The zero-order valence-corrected chi connectivity index (χ0v) is 21.1. The standard InChI is InChI=1S/C32H18N6/c1-29-23-5-17(11-33)19(13-35)7-25(23)30(2)27-9-21(15-37)22(16-38)10-28(27)31(3,32(29,30)4)26-8-20(14-36)18(12-34)6-24(26)29/h5-10H,1-4H3. The van der Waals surface area contributed by atoms with Crippen molar-refractivity contribution < 1.29 is 0 Å². The average molecular weight is 487 g/mol. The van der Waals surface area contributed by atoms with Crippen molar-refractivity contribution in [2.24, 2.45) is 5.41 Å². The van der Waals surface area contributed by atoms with Gasteiger partial charge in [-0.3, -0.25) is 0 Å². The highest BCUT2D eigenvalue weighted by Crippen LogP contribution is 2.82. The van der Waals surface area contributed by atoms with Crippen molar-refractivity contribution in [1.29, 1.82) is 31.6 Å². The first kappa shape index (κ1) is 23.0. The van der Waals surface area contributed by atoms with Gasteiger partial charge in [-0.25, -0.2) is 0 Å². The smallest absolute Gasteiger partial charge is 0.101 e. The maximum atomic E-state index is 9.90. The van der Waals surface area contributed by atoms with E-state index in [1.165, 1.54) is 0 Å². The first-order valence-corrected chi connectivity index (χ1v) is 12.1. The minimum atomic E-state index is -0.723. The molecule has 3 aromatic rings. The average Bonchev–Trinajstić information content (AvgIpc) is 3.29. The molecule has 0 saturated heterocycles. The van der Waals surface area contributed by atoms with Crippen LogP contribution < -0.4 is 0 Å². The van der Waals surface area contributed by atoms with Gasteiger partial charge in [0.2, 0.25) is 0 Å². The Bertz CT molecular complexity index is 1600. The van der Waals surface area contributed by atoms with E-state index in [2.05, 4.69) is 64.1 Å². The summed E-state index contributed by atoms with van der Waals surface area (Å²) in [6, 6.07) is 23.8. The Morgan fingerprint density at radius 3 is 0.658 bits per heavy atom. The number of hydrogen-bond donors (Lipinski definition) is 0. The van der Waals surface area contributed by atoms with Crippen LogP contribution in [-0.2, 0) is 16.2 Å². The zero-order valence-electron chi connectivity index (χ0n) is 21.1. The summed E-state index contributed by atoms with van der Waals surface area (Å²) in [5.41, 5.74) is 4.23. The van der Waals surface area contributed by atoms with Gasteiger partial charge < -0.3 is 0 Å². The van der Waals surface area contributed by atoms with Crippen LogP contribution in [0.2, 0.25) is 0 Å². The van der Waals surface area contributed by atoms with Crippen molar-refractivity contribution in [2.75, 3.05) is 0 Å². The molecule has 6 nitrogen and oxygen atoms in total. The number of fused-ring (bicyclic) bond motifs is 9. The second-order valence-electron chi connectivity index (χ2n) is 11.0. The fourth-order valence-electron chi connectivity index (χ4n) is 8.39. The lowest BCUT2D eigenvalue weighted by Crippen LogP contribution is -2.51. The van der Waals surface area contributed by atoms with Crippen LogP contribution in [0, 0.1) is 73.4 Å². The summed E-state index contributed by atoms with van der Waals surface area (Å²) in [6.07, 6.45) is 0. The van der Waals surface area contributed by atoms with Gasteiger partial charge in [-0.2, -0.15) is 31.6 Å². The zero-order chi connectivity index (χ0) is 27.4. The van der Waals surface area contributed by atoms with Crippen molar-refractivity contribution in [2.45, 2.75) is 43.9 Å². The van der Waals surface area contributed by atoms with Crippen molar-refractivity contribution in [3.63, 3.8) is 0 Å². The van der Waals surface area contributed by atoms with Crippen LogP contribution in [0.3, 0.4) is 0 Å². The van der Waals surface area contributed by atoms with Crippen LogP contribution in [0.4, 0.5) is 0 Å². The minimum absolute atomic E-state index is 0.279. The summed E-state index contributed by atoms with van der Waals surface area (Å²) in [5, 5.41) is 59.4. The Hall–Kier alpha value is -5.40. The first-order valence-electron chi connectivity index (χ1n) is 12.1. The lowest BCUT2D eigenvalue weighted by Gasteiger charge is -2.49. The molecule has 6 rings (SSSR count). The highest BCUT2D eigenvalue weighted by Gasteiger charge is 2.80. The monoisotopic (exact) mass is 486 g/mol. The lowest BCUT2D eigenvalue weighted by molar-refractivity contribution is 0.0997. The van der Waals surface area contributed by atoms with Crippen molar-refractivity contribution in [3.05, 3.63) is 103 Å². The summed E-state index contributed by atoms with van der Waals surface area (Å²) in [7, 11) is 0. The maximum absolute atomic E-state index is 9.90. The van der Waals surface area contributed by atoms with E-state index in [-0.39, 0.29) is 33.4 Å². The molecule has 0 radical (unpaired) electrons. The molecule has 0 aliphatic heterocycles. The summed E-state index contributed by atoms with van der Waals surface area (Å²) >= 11 is 0. The van der Waals surface area contributed by atoms with Gasteiger partial charge in [-0.1, -0.05) is 27.7 Å². The third-order valence-electron chi connectivity index (χ3n) is 10.4. The molecule has 0 aromatic heterocycles. The Labute approximate surface area is 220 Å². The molecular formula is C32H18N6. The lowest BCUT2D eigenvalue weighted by atomic mass is 9.52. The fourth-order valence-corrected chi connectivity index (χ4v) is 8.39. The summed E-state index contributed by atoms with van der Waals surface area (Å²) < 4.78 is 0.